The summed E-state index contributed by atoms with van der Waals surface area (Å²) in [6, 6.07) is 5.13. The molecule has 0 aromatic heterocycles. The van der Waals surface area contributed by atoms with Crippen molar-refractivity contribution >= 4 is 33.1 Å². The van der Waals surface area contributed by atoms with E-state index in [1.54, 1.807) is 32.2 Å². The Labute approximate surface area is 140 Å². The van der Waals surface area contributed by atoms with Gasteiger partial charge in [0.1, 0.15) is 5.75 Å². The summed E-state index contributed by atoms with van der Waals surface area (Å²) in [4.78, 5) is 11.9. The molecule has 23 heavy (non-hydrogen) atoms. The van der Waals surface area contributed by atoms with Crippen LogP contribution in [-0.4, -0.2) is 38.7 Å². The summed E-state index contributed by atoms with van der Waals surface area (Å²) in [7, 11) is -1.44. The van der Waals surface area contributed by atoms with E-state index in [2.05, 4.69) is 10.5 Å². The van der Waals surface area contributed by atoms with E-state index in [-0.39, 0.29) is 29.8 Å². The van der Waals surface area contributed by atoms with Crippen molar-refractivity contribution in [1.29, 1.82) is 0 Å². The maximum Gasteiger partial charge on any atom is 0.240 e. The molecule has 1 heterocycles. The molecule has 0 spiro atoms. The van der Waals surface area contributed by atoms with Gasteiger partial charge in [-0.3, -0.25) is 4.79 Å². The number of amides is 1. The van der Waals surface area contributed by atoms with Crippen LogP contribution in [0.3, 0.4) is 0 Å². The number of nitrogens with zero attached hydrogens (tertiary/aromatic N) is 1. The highest BCUT2D eigenvalue weighted by atomic mass is 35.5. The average Bonchev–Trinajstić information content (AvgIpc) is 2.83. The second-order valence-electron chi connectivity index (χ2n) is 5.55. The Morgan fingerprint density at radius 1 is 1.48 bits per heavy atom. The largest absolute Gasteiger partial charge is 0.496 e. The molecule has 8 heteroatoms. The van der Waals surface area contributed by atoms with Gasteiger partial charge >= 0.3 is 0 Å². The van der Waals surface area contributed by atoms with Crippen molar-refractivity contribution < 1.29 is 17.9 Å². The van der Waals surface area contributed by atoms with Crippen LogP contribution in [0.25, 0.3) is 0 Å². The summed E-state index contributed by atoms with van der Waals surface area (Å²) in [5, 5.41) is 4.59. The van der Waals surface area contributed by atoms with Crippen LogP contribution >= 0.6 is 11.6 Å². The summed E-state index contributed by atoms with van der Waals surface area (Å²) in [6.45, 7) is 1.73. The zero-order valence-corrected chi connectivity index (χ0v) is 14.6. The van der Waals surface area contributed by atoms with E-state index in [0.717, 1.165) is 0 Å². The fourth-order valence-electron chi connectivity index (χ4n) is 2.51. The molecule has 1 aromatic carbocycles. The third-order valence-corrected chi connectivity index (χ3v) is 5.77. The Morgan fingerprint density at radius 2 is 2.22 bits per heavy atom. The second-order valence-corrected chi connectivity index (χ2v) is 8.22. The average molecular weight is 359 g/mol. The number of ether oxygens (including phenoxy) is 1. The first-order valence-corrected chi connectivity index (χ1v) is 9.38. The molecule has 126 valence electrons. The minimum absolute atomic E-state index is 0.0746. The number of nitrogens with one attached hydrogen (secondary N) is 1. The fourth-order valence-corrected chi connectivity index (χ4v) is 4.54. The zero-order valence-electron chi connectivity index (χ0n) is 13.0. The summed E-state index contributed by atoms with van der Waals surface area (Å²) in [6.07, 6.45) is 0.684. The Balaban J connectivity index is 1.99. The van der Waals surface area contributed by atoms with Gasteiger partial charge in [0.05, 0.1) is 24.3 Å². The molecule has 1 fully saturated rings. The Morgan fingerprint density at radius 3 is 2.83 bits per heavy atom. The fraction of sp³-hybridized carbons (Fsp3) is 0.467. The van der Waals surface area contributed by atoms with E-state index in [0.29, 0.717) is 28.5 Å². The molecule has 1 N–H and O–H groups in total. The topological polar surface area (TPSA) is 84.8 Å². The van der Waals surface area contributed by atoms with Crippen molar-refractivity contribution in [3.05, 3.63) is 28.8 Å². The first kappa shape index (κ1) is 17.7. The maximum absolute atomic E-state index is 11.9. The number of halogens is 1. The molecule has 1 atom stereocenters. The first-order valence-electron chi connectivity index (χ1n) is 7.18. The standard InChI is InChI=1S/C15H19ClN2O4S/c1-10(13-8-12(16)3-4-14(13)22-2)17-18-15(19)7-11-5-6-23(20,21)9-11/h3-4,8,11H,5-7,9H2,1-2H3,(H,18,19)/b17-10-/t11-/m0/s1. The Kier molecular flexibility index (Phi) is 5.64. The number of sulfone groups is 1. The predicted octanol–water partition coefficient (Wildman–Crippen LogP) is 2.01. The van der Waals surface area contributed by atoms with Gasteiger partial charge in [-0.25, -0.2) is 13.8 Å². The third kappa shape index (κ3) is 4.94. The van der Waals surface area contributed by atoms with E-state index in [1.807, 2.05) is 0 Å². The van der Waals surface area contributed by atoms with Crippen LogP contribution in [-0.2, 0) is 14.6 Å². The van der Waals surface area contributed by atoms with E-state index < -0.39 is 9.84 Å². The molecule has 6 nitrogen and oxygen atoms in total. The summed E-state index contributed by atoms with van der Waals surface area (Å²) in [5.74, 6) is 0.411. The molecule has 1 amide bonds. The quantitative estimate of drug-likeness (QED) is 0.644. The highest BCUT2D eigenvalue weighted by Gasteiger charge is 2.29. The van der Waals surface area contributed by atoms with Crippen molar-refractivity contribution in [3.63, 3.8) is 0 Å². The Bertz CT molecular complexity index is 731. The van der Waals surface area contributed by atoms with Crippen LogP contribution in [0, 0.1) is 5.92 Å². The minimum atomic E-state index is -2.98. The normalized spacial score (nSPS) is 20.3. The molecular weight excluding hydrogens is 340 g/mol. The molecule has 2 rings (SSSR count). The molecule has 0 aliphatic carbocycles. The van der Waals surface area contributed by atoms with Gasteiger partial charge in [0.2, 0.25) is 5.91 Å². The summed E-state index contributed by atoms with van der Waals surface area (Å²) < 4.78 is 28.0. The van der Waals surface area contributed by atoms with Crippen LogP contribution < -0.4 is 10.2 Å². The maximum atomic E-state index is 11.9. The number of rotatable bonds is 5. The van der Waals surface area contributed by atoms with Crippen molar-refractivity contribution in [2.45, 2.75) is 19.8 Å². The Hall–Kier alpha value is -1.60. The van der Waals surface area contributed by atoms with Crippen molar-refractivity contribution in [1.82, 2.24) is 5.43 Å². The van der Waals surface area contributed by atoms with E-state index in [4.69, 9.17) is 16.3 Å². The second kappa shape index (κ2) is 7.31. The number of methoxy groups -OCH3 is 1. The van der Waals surface area contributed by atoms with Crippen molar-refractivity contribution in [2.24, 2.45) is 11.0 Å². The molecule has 0 bridgehead atoms. The lowest BCUT2D eigenvalue weighted by molar-refractivity contribution is -0.121. The molecule has 1 saturated heterocycles. The van der Waals surface area contributed by atoms with Gasteiger partial charge in [-0.15, -0.1) is 0 Å². The number of carbonyl (C=O) groups excluding carboxylic acids is 1. The zero-order chi connectivity index (χ0) is 17.0. The van der Waals surface area contributed by atoms with Gasteiger partial charge in [0.25, 0.3) is 0 Å². The summed E-state index contributed by atoms with van der Waals surface area (Å²) >= 11 is 5.97. The molecule has 1 aliphatic rings. The number of benzene rings is 1. The van der Waals surface area contributed by atoms with Crippen LogP contribution in [0.15, 0.2) is 23.3 Å². The molecule has 1 aliphatic heterocycles. The minimum Gasteiger partial charge on any atom is -0.496 e. The van der Waals surface area contributed by atoms with Crippen molar-refractivity contribution in [3.8, 4) is 5.75 Å². The van der Waals surface area contributed by atoms with Gasteiger partial charge in [-0.2, -0.15) is 5.10 Å². The smallest absolute Gasteiger partial charge is 0.240 e. The molecule has 0 unspecified atom stereocenters. The van der Waals surface area contributed by atoms with Crippen LogP contribution in [0.2, 0.25) is 5.02 Å². The van der Waals surface area contributed by atoms with E-state index in [1.165, 1.54) is 0 Å². The lowest BCUT2D eigenvalue weighted by atomic mass is 10.1. The lowest BCUT2D eigenvalue weighted by Crippen LogP contribution is -2.22. The number of hydrogen-bond acceptors (Lipinski definition) is 5. The van der Waals surface area contributed by atoms with Gasteiger partial charge in [0, 0.05) is 17.0 Å². The number of hydrogen-bond donors (Lipinski definition) is 1. The van der Waals surface area contributed by atoms with E-state index in [9.17, 15) is 13.2 Å². The van der Waals surface area contributed by atoms with Gasteiger partial charge in [0.15, 0.2) is 9.84 Å². The molecular formula is C15H19ClN2O4S. The van der Waals surface area contributed by atoms with Crippen LogP contribution in [0.1, 0.15) is 25.3 Å². The van der Waals surface area contributed by atoms with Crippen LogP contribution in [0.4, 0.5) is 0 Å². The summed E-state index contributed by atoms with van der Waals surface area (Å²) in [5.41, 5.74) is 3.70. The first-order chi connectivity index (χ1) is 10.8. The third-order valence-electron chi connectivity index (χ3n) is 3.70. The van der Waals surface area contributed by atoms with Crippen molar-refractivity contribution in [2.75, 3.05) is 18.6 Å². The monoisotopic (exact) mass is 358 g/mol. The van der Waals surface area contributed by atoms with Gasteiger partial charge < -0.3 is 4.74 Å². The van der Waals surface area contributed by atoms with Gasteiger partial charge in [-0.1, -0.05) is 11.6 Å². The highest BCUT2D eigenvalue weighted by molar-refractivity contribution is 7.91. The number of carbonyl (C=O) groups is 1. The van der Waals surface area contributed by atoms with E-state index >= 15 is 0 Å². The molecule has 0 radical (unpaired) electrons. The molecule has 1 aromatic rings. The highest BCUT2D eigenvalue weighted by Crippen LogP contribution is 2.23. The lowest BCUT2D eigenvalue weighted by Gasteiger charge is -2.09. The number of hydrazone groups is 1. The van der Waals surface area contributed by atoms with Crippen LogP contribution in [0.5, 0.6) is 5.75 Å². The van der Waals surface area contributed by atoms with Gasteiger partial charge in [-0.05, 0) is 37.5 Å². The predicted molar refractivity (Wildman–Crippen MR) is 89.7 cm³/mol. The molecule has 0 saturated carbocycles. The SMILES string of the molecule is COc1ccc(Cl)cc1/C(C)=N\NC(=O)C[C@@H]1CCS(=O)(=O)C1.